The van der Waals surface area contributed by atoms with Crippen LogP contribution in [0.5, 0.6) is 11.6 Å². The Morgan fingerprint density at radius 3 is 2.39 bits per heavy atom. The molecule has 4 aromatic rings. The zero-order valence-corrected chi connectivity index (χ0v) is 18.4. The van der Waals surface area contributed by atoms with E-state index in [0.29, 0.717) is 39.5 Å². The maximum Gasteiger partial charge on any atom is 0.262 e. The van der Waals surface area contributed by atoms with E-state index in [1.807, 2.05) is 29.1 Å². The van der Waals surface area contributed by atoms with Crippen molar-refractivity contribution in [1.82, 2.24) is 14.5 Å². The van der Waals surface area contributed by atoms with Gasteiger partial charge in [0.2, 0.25) is 5.88 Å². The Labute approximate surface area is 185 Å². The molecule has 2 heterocycles. The molecule has 0 saturated heterocycles. The average molecular weight is 455 g/mol. The van der Waals surface area contributed by atoms with Crippen molar-refractivity contribution in [2.24, 2.45) is 0 Å². The molecule has 31 heavy (non-hydrogen) atoms. The Hall–Kier alpha value is -3.36. The molecule has 0 spiro atoms. The van der Waals surface area contributed by atoms with E-state index in [-0.39, 0.29) is 4.90 Å². The molecule has 2 aromatic carbocycles. The number of anilines is 1. The summed E-state index contributed by atoms with van der Waals surface area (Å²) in [6.45, 7) is 3.50. The minimum absolute atomic E-state index is 0.134. The number of sulfonamides is 1. The average Bonchev–Trinajstić information content (AvgIpc) is 3.26. The minimum atomic E-state index is -3.77. The highest BCUT2D eigenvalue weighted by Gasteiger charge is 2.17. The Morgan fingerprint density at radius 2 is 1.68 bits per heavy atom. The van der Waals surface area contributed by atoms with Crippen molar-refractivity contribution in [3.8, 4) is 17.4 Å². The largest absolute Gasteiger partial charge is 0.439 e. The lowest BCUT2D eigenvalue weighted by Gasteiger charge is -2.12. The van der Waals surface area contributed by atoms with Gasteiger partial charge in [0, 0.05) is 29.2 Å². The van der Waals surface area contributed by atoms with Crippen molar-refractivity contribution in [3.05, 3.63) is 89.5 Å². The summed E-state index contributed by atoms with van der Waals surface area (Å²) in [5.74, 6) is 2.16. The fraction of sp³-hybridized carbons (Fsp3) is 0.0909. The van der Waals surface area contributed by atoms with E-state index in [1.54, 1.807) is 56.3 Å². The van der Waals surface area contributed by atoms with E-state index in [4.69, 9.17) is 16.3 Å². The number of halogens is 1. The molecule has 0 atom stereocenters. The second kappa shape index (κ2) is 8.41. The maximum absolute atomic E-state index is 12.7. The molecule has 158 valence electrons. The number of benzene rings is 2. The van der Waals surface area contributed by atoms with Crippen molar-refractivity contribution >= 4 is 27.3 Å². The van der Waals surface area contributed by atoms with Crippen LogP contribution in [0, 0.1) is 13.8 Å². The van der Waals surface area contributed by atoms with Crippen molar-refractivity contribution in [3.63, 3.8) is 0 Å². The Morgan fingerprint density at radius 1 is 0.968 bits per heavy atom. The zero-order valence-electron chi connectivity index (χ0n) is 16.8. The first-order chi connectivity index (χ1) is 14.8. The maximum atomic E-state index is 12.7. The molecule has 0 aliphatic carbocycles. The van der Waals surface area contributed by atoms with Gasteiger partial charge in [0.25, 0.3) is 10.0 Å². The van der Waals surface area contributed by atoms with Crippen LogP contribution >= 0.6 is 11.6 Å². The fourth-order valence-corrected chi connectivity index (χ4v) is 4.55. The molecular formula is C22H19ClN4O3S. The Kier molecular flexibility index (Phi) is 5.67. The Balaban J connectivity index is 1.52. The van der Waals surface area contributed by atoms with E-state index in [9.17, 15) is 8.42 Å². The third-order valence-electron chi connectivity index (χ3n) is 4.44. The smallest absolute Gasteiger partial charge is 0.262 e. The van der Waals surface area contributed by atoms with Crippen molar-refractivity contribution in [1.29, 1.82) is 0 Å². The summed E-state index contributed by atoms with van der Waals surface area (Å²) in [5.41, 5.74) is 1.01. The predicted octanol–water partition coefficient (Wildman–Crippen LogP) is 5.13. The first-order valence-electron chi connectivity index (χ1n) is 9.36. The van der Waals surface area contributed by atoms with Crippen LogP contribution in [-0.4, -0.2) is 23.0 Å². The molecule has 0 saturated carbocycles. The summed E-state index contributed by atoms with van der Waals surface area (Å²) in [4.78, 5) is 8.84. The SMILES string of the molecule is Cc1nc(Oc2ccc(NS(=O)(=O)c3cc(Cl)ccc3C)cc2)cc(-n2cccc2)n1. The molecule has 1 N–H and O–H groups in total. The van der Waals surface area contributed by atoms with Crippen molar-refractivity contribution in [2.75, 3.05) is 4.72 Å². The summed E-state index contributed by atoms with van der Waals surface area (Å²) < 4.78 is 35.7. The molecule has 0 aliphatic rings. The van der Waals surface area contributed by atoms with E-state index >= 15 is 0 Å². The quantitative estimate of drug-likeness (QED) is 0.436. The number of nitrogens with one attached hydrogen (secondary N) is 1. The minimum Gasteiger partial charge on any atom is -0.439 e. The summed E-state index contributed by atoms with van der Waals surface area (Å²) in [6, 6.07) is 16.8. The number of rotatable bonds is 6. The van der Waals surface area contributed by atoms with E-state index in [0.717, 1.165) is 0 Å². The molecule has 0 radical (unpaired) electrons. The highest BCUT2D eigenvalue weighted by Crippen LogP contribution is 2.26. The first kappa shape index (κ1) is 20.9. The lowest BCUT2D eigenvalue weighted by atomic mass is 10.2. The van der Waals surface area contributed by atoms with Crippen LogP contribution in [0.4, 0.5) is 5.69 Å². The second-order valence-electron chi connectivity index (χ2n) is 6.84. The van der Waals surface area contributed by atoms with E-state index in [1.165, 1.54) is 6.07 Å². The molecule has 4 rings (SSSR count). The number of aryl methyl sites for hydroxylation is 2. The van der Waals surface area contributed by atoms with Crippen LogP contribution in [0.25, 0.3) is 5.82 Å². The monoisotopic (exact) mass is 454 g/mol. The molecule has 0 amide bonds. The van der Waals surface area contributed by atoms with Crippen LogP contribution in [-0.2, 0) is 10.0 Å². The summed E-state index contributed by atoms with van der Waals surface area (Å²) in [5, 5.41) is 0.356. The van der Waals surface area contributed by atoms with Gasteiger partial charge < -0.3 is 9.30 Å². The van der Waals surface area contributed by atoms with Crippen LogP contribution in [0.1, 0.15) is 11.4 Å². The molecule has 7 nitrogen and oxygen atoms in total. The molecule has 9 heteroatoms. The third-order valence-corrected chi connectivity index (χ3v) is 6.20. The highest BCUT2D eigenvalue weighted by atomic mass is 35.5. The zero-order chi connectivity index (χ0) is 22.0. The molecule has 0 fully saturated rings. The van der Waals surface area contributed by atoms with Crippen molar-refractivity contribution in [2.45, 2.75) is 18.7 Å². The number of hydrogen-bond acceptors (Lipinski definition) is 5. The van der Waals surface area contributed by atoms with E-state index < -0.39 is 10.0 Å². The van der Waals surface area contributed by atoms with Gasteiger partial charge in [-0.3, -0.25) is 4.72 Å². The van der Waals surface area contributed by atoms with Crippen LogP contribution in [0.3, 0.4) is 0 Å². The van der Waals surface area contributed by atoms with E-state index in [2.05, 4.69) is 14.7 Å². The van der Waals surface area contributed by atoms with Gasteiger partial charge in [0.1, 0.15) is 17.4 Å². The summed E-state index contributed by atoms with van der Waals surface area (Å²) in [6.07, 6.45) is 3.77. The standard InChI is InChI=1S/C22H19ClN4O3S/c1-15-5-6-17(23)13-20(15)31(28,29)26-18-7-9-19(10-8-18)30-22-14-21(24-16(2)25-22)27-11-3-4-12-27/h3-14,26H,1-2H3. The number of ether oxygens (including phenoxy) is 1. The van der Waals surface area contributed by atoms with Gasteiger partial charge in [-0.25, -0.2) is 13.4 Å². The van der Waals surface area contributed by atoms with Gasteiger partial charge in [-0.05, 0) is 67.9 Å². The van der Waals surface area contributed by atoms with Gasteiger partial charge >= 0.3 is 0 Å². The predicted molar refractivity (Wildman–Crippen MR) is 120 cm³/mol. The lowest BCUT2D eigenvalue weighted by Crippen LogP contribution is -2.14. The van der Waals surface area contributed by atoms with Crippen molar-refractivity contribution < 1.29 is 13.2 Å². The third kappa shape index (κ3) is 4.87. The molecular weight excluding hydrogens is 436 g/mol. The van der Waals surface area contributed by atoms with Gasteiger partial charge in [-0.1, -0.05) is 17.7 Å². The van der Waals surface area contributed by atoms with Crippen LogP contribution < -0.4 is 9.46 Å². The normalized spacial score (nSPS) is 11.3. The number of hydrogen-bond donors (Lipinski definition) is 1. The first-order valence-corrected chi connectivity index (χ1v) is 11.2. The lowest BCUT2D eigenvalue weighted by molar-refractivity contribution is 0.459. The van der Waals surface area contributed by atoms with Gasteiger partial charge in [0.15, 0.2) is 0 Å². The molecule has 0 bridgehead atoms. The summed E-state index contributed by atoms with van der Waals surface area (Å²) in [7, 11) is -3.77. The molecule has 0 aliphatic heterocycles. The topological polar surface area (TPSA) is 86.1 Å². The second-order valence-corrected chi connectivity index (χ2v) is 8.93. The van der Waals surface area contributed by atoms with Gasteiger partial charge in [0.05, 0.1) is 4.90 Å². The van der Waals surface area contributed by atoms with Crippen LogP contribution in [0.15, 0.2) is 78.0 Å². The summed E-state index contributed by atoms with van der Waals surface area (Å²) >= 11 is 5.96. The highest BCUT2D eigenvalue weighted by molar-refractivity contribution is 7.92. The van der Waals surface area contributed by atoms with Gasteiger partial charge in [-0.2, -0.15) is 4.98 Å². The fourth-order valence-electron chi connectivity index (χ4n) is 2.98. The number of nitrogens with zero attached hydrogens (tertiary/aromatic N) is 3. The van der Waals surface area contributed by atoms with Crippen LogP contribution in [0.2, 0.25) is 5.02 Å². The molecule has 0 unspecified atom stereocenters. The Bertz CT molecular complexity index is 1320. The molecule has 2 aromatic heterocycles. The number of aromatic nitrogens is 3. The van der Waals surface area contributed by atoms with Gasteiger partial charge in [-0.15, -0.1) is 0 Å².